The van der Waals surface area contributed by atoms with Crippen LogP contribution in [-0.2, 0) is 6.54 Å². The predicted molar refractivity (Wildman–Crippen MR) is 105 cm³/mol. The van der Waals surface area contributed by atoms with Crippen LogP contribution in [0.25, 0.3) is 0 Å². The minimum Gasteiger partial charge on any atom is -0.357 e. The number of aromatic nitrogens is 2. The zero-order valence-electron chi connectivity index (χ0n) is 14.4. The summed E-state index contributed by atoms with van der Waals surface area (Å²) in [6.45, 7) is 12.3. The molecular formula is C16H32IN5. The Morgan fingerprint density at radius 2 is 2.00 bits per heavy atom. The topological polar surface area (TPSA) is 54.2 Å². The van der Waals surface area contributed by atoms with Crippen LogP contribution in [-0.4, -0.2) is 35.4 Å². The van der Waals surface area contributed by atoms with Gasteiger partial charge in [0.25, 0.3) is 0 Å². The minimum atomic E-state index is 0. The molecule has 0 amide bonds. The molecule has 5 nitrogen and oxygen atoms in total. The second-order valence-electron chi connectivity index (χ2n) is 5.46. The van der Waals surface area contributed by atoms with Gasteiger partial charge in [0.1, 0.15) is 0 Å². The molecule has 0 bridgehead atoms. The standard InChI is InChI=1S/C16H31N5.HI/c1-5-15(6-2)12-19-16(17-7-3)18-9-8-10-21-13-14(4)11-20-21;/h11,13,15H,5-10,12H2,1-4H3,(H2,17,18,19);1H. The SMILES string of the molecule is CCNC(=NCC(CC)CC)NCCCn1cc(C)cn1.I. The van der Waals surface area contributed by atoms with Crippen molar-refractivity contribution >= 4 is 29.9 Å². The van der Waals surface area contributed by atoms with Crippen molar-refractivity contribution < 1.29 is 0 Å². The predicted octanol–water partition coefficient (Wildman–Crippen LogP) is 3.19. The number of aliphatic imine (C=N–C) groups is 1. The van der Waals surface area contributed by atoms with Crippen molar-refractivity contribution in [1.82, 2.24) is 20.4 Å². The van der Waals surface area contributed by atoms with Crippen molar-refractivity contribution in [2.24, 2.45) is 10.9 Å². The fourth-order valence-corrected chi connectivity index (χ4v) is 2.15. The maximum atomic E-state index is 4.68. The van der Waals surface area contributed by atoms with Crippen molar-refractivity contribution in [2.75, 3.05) is 19.6 Å². The minimum absolute atomic E-state index is 0. The molecule has 0 saturated heterocycles. The van der Waals surface area contributed by atoms with E-state index >= 15 is 0 Å². The third-order valence-electron chi connectivity index (χ3n) is 3.63. The first-order chi connectivity index (χ1) is 10.2. The molecule has 22 heavy (non-hydrogen) atoms. The highest BCUT2D eigenvalue weighted by atomic mass is 127. The number of aryl methyl sites for hydroxylation is 2. The summed E-state index contributed by atoms with van der Waals surface area (Å²) in [4.78, 5) is 4.68. The molecule has 6 heteroatoms. The van der Waals surface area contributed by atoms with Crippen LogP contribution < -0.4 is 10.6 Å². The third-order valence-corrected chi connectivity index (χ3v) is 3.63. The molecule has 1 rings (SSSR count). The van der Waals surface area contributed by atoms with Crippen molar-refractivity contribution in [3.63, 3.8) is 0 Å². The molecule has 0 unspecified atom stereocenters. The van der Waals surface area contributed by atoms with Crippen LogP contribution in [0.1, 0.15) is 45.6 Å². The molecule has 0 fully saturated rings. The second kappa shape index (κ2) is 12.7. The highest BCUT2D eigenvalue weighted by Crippen LogP contribution is 2.07. The molecule has 0 aliphatic rings. The zero-order chi connectivity index (χ0) is 15.5. The second-order valence-corrected chi connectivity index (χ2v) is 5.46. The molecule has 0 saturated carbocycles. The van der Waals surface area contributed by atoms with E-state index in [4.69, 9.17) is 0 Å². The average molecular weight is 421 g/mol. The lowest BCUT2D eigenvalue weighted by molar-refractivity contribution is 0.503. The Kier molecular flexibility index (Phi) is 12.3. The number of nitrogens with one attached hydrogen (secondary N) is 2. The summed E-state index contributed by atoms with van der Waals surface area (Å²) in [5.74, 6) is 1.62. The largest absolute Gasteiger partial charge is 0.357 e. The van der Waals surface area contributed by atoms with E-state index in [2.05, 4.69) is 54.6 Å². The van der Waals surface area contributed by atoms with Crippen LogP contribution in [0.15, 0.2) is 17.4 Å². The first-order valence-electron chi connectivity index (χ1n) is 8.20. The summed E-state index contributed by atoms with van der Waals surface area (Å²) in [5, 5.41) is 11.0. The first kappa shape index (κ1) is 21.2. The Morgan fingerprint density at radius 1 is 1.27 bits per heavy atom. The van der Waals surface area contributed by atoms with Gasteiger partial charge in [-0.15, -0.1) is 24.0 Å². The normalized spacial score (nSPS) is 11.4. The number of rotatable bonds is 9. The number of nitrogens with zero attached hydrogens (tertiary/aromatic N) is 3. The van der Waals surface area contributed by atoms with Gasteiger partial charge in [-0.05, 0) is 31.7 Å². The number of hydrogen-bond donors (Lipinski definition) is 2. The molecule has 0 aliphatic heterocycles. The van der Waals surface area contributed by atoms with Crippen LogP contribution in [0, 0.1) is 12.8 Å². The molecule has 2 N–H and O–H groups in total. The van der Waals surface area contributed by atoms with E-state index in [-0.39, 0.29) is 24.0 Å². The van der Waals surface area contributed by atoms with Gasteiger partial charge in [0.05, 0.1) is 6.20 Å². The van der Waals surface area contributed by atoms with E-state index in [0.717, 1.165) is 38.6 Å². The van der Waals surface area contributed by atoms with Gasteiger partial charge in [-0.25, -0.2) is 0 Å². The molecule has 128 valence electrons. The smallest absolute Gasteiger partial charge is 0.191 e. The van der Waals surface area contributed by atoms with Crippen molar-refractivity contribution in [3.8, 4) is 0 Å². The Morgan fingerprint density at radius 3 is 2.55 bits per heavy atom. The molecule has 0 atom stereocenters. The van der Waals surface area contributed by atoms with Crippen LogP contribution >= 0.6 is 24.0 Å². The van der Waals surface area contributed by atoms with Gasteiger partial charge in [-0.1, -0.05) is 26.7 Å². The quantitative estimate of drug-likeness (QED) is 0.279. The van der Waals surface area contributed by atoms with Crippen LogP contribution in [0.4, 0.5) is 0 Å². The Balaban J connectivity index is 0.00000441. The summed E-state index contributed by atoms with van der Waals surface area (Å²) in [7, 11) is 0. The Bertz CT molecular complexity index is 412. The first-order valence-corrected chi connectivity index (χ1v) is 8.20. The third kappa shape index (κ3) is 8.60. The Labute approximate surface area is 152 Å². The van der Waals surface area contributed by atoms with E-state index in [1.807, 2.05) is 10.9 Å². The highest BCUT2D eigenvalue weighted by molar-refractivity contribution is 14.0. The monoisotopic (exact) mass is 421 g/mol. The number of halogens is 1. The van der Waals surface area contributed by atoms with E-state index < -0.39 is 0 Å². The molecule has 1 aromatic heterocycles. The lowest BCUT2D eigenvalue weighted by Gasteiger charge is -2.14. The summed E-state index contributed by atoms with van der Waals surface area (Å²) in [6, 6.07) is 0. The molecule has 1 heterocycles. The fraction of sp³-hybridized carbons (Fsp3) is 0.750. The van der Waals surface area contributed by atoms with E-state index in [1.54, 1.807) is 0 Å². The van der Waals surface area contributed by atoms with Crippen LogP contribution in [0.5, 0.6) is 0 Å². The average Bonchev–Trinajstić information content (AvgIpc) is 2.90. The van der Waals surface area contributed by atoms with Gasteiger partial charge in [0.2, 0.25) is 0 Å². The van der Waals surface area contributed by atoms with Gasteiger partial charge in [0.15, 0.2) is 5.96 Å². The summed E-state index contributed by atoms with van der Waals surface area (Å²) < 4.78 is 1.99. The molecule has 0 aliphatic carbocycles. The fourth-order valence-electron chi connectivity index (χ4n) is 2.15. The van der Waals surface area contributed by atoms with Gasteiger partial charge in [0, 0.05) is 32.4 Å². The number of guanidine groups is 1. The van der Waals surface area contributed by atoms with Crippen molar-refractivity contribution in [2.45, 2.75) is 53.5 Å². The number of hydrogen-bond acceptors (Lipinski definition) is 2. The van der Waals surface area contributed by atoms with Gasteiger partial charge >= 0.3 is 0 Å². The molecule has 0 radical (unpaired) electrons. The summed E-state index contributed by atoms with van der Waals surface area (Å²) in [5.41, 5.74) is 1.21. The highest BCUT2D eigenvalue weighted by Gasteiger charge is 2.03. The maximum absolute atomic E-state index is 4.68. The van der Waals surface area contributed by atoms with Gasteiger partial charge < -0.3 is 10.6 Å². The molecule has 0 aromatic carbocycles. The van der Waals surface area contributed by atoms with Crippen LogP contribution in [0.2, 0.25) is 0 Å². The maximum Gasteiger partial charge on any atom is 0.191 e. The van der Waals surface area contributed by atoms with Gasteiger partial charge in [-0.3, -0.25) is 9.67 Å². The molecule has 0 spiro atoms. The van der Waals surface area contributed by atoms with E-state index in [9.17, 15) is 0 Å². The molecule has 1 aromatic rings. The zero-order valence-corrected chi connectivity index (χ0v) is 16.8. The molecular weight excluding hydrogens is 389 g/mol. The Hall–Kier alpha value is -0.790. The van der Waals surface area contributed by atoms with Crippen molar-refractivity contribution in [1.29, 1.82) is 0 Å². The summed E-state index contributed by atoms with van der Waals surface area (Å²) in [6.07, 6.45) is 7.40. The summed E-state index contributed by atoms with van der Waals surface area (Å²) >= 11 is 0. The van der Waals surface area contributed by atoms with Gasteiger partial charge in [-0.2, -0.15) is 5.10 Å². The lowest BCUT2D eigenvalue weighted by Crippen LogP contribution is -2.38. The lowest BCUT2D eigenvalue weighted by atomic mass is 10.0. The van der Waals surface area contributed by atoms with Crippen molar-refractivity contribution in [3.05, 3.63) is 18.0 Å². The van der Waals surface area contributed by atoms with E-state index in [0.29, 0.717) is 5.92 Å². The van der Waals surface area contributed by atoms with Crippen LogP contribution in [0.3, 0.4) is 0 Å². The van der Waals surface area contributed by atoms with E-state index in [1.165, 1.54) is 18.4 Å².